The molecule has 4 aliphatic rings. The molecule has 0 spiro atoms. The van der Waals surface area contributed by atoms with Gasteiger partial charge in [-0.25, -0.2) is 0 Å². The van der Waals surface area contributed by atoms with Crippen LogP contribution in [0.1, 0.15) is 20.8 Å². The summed E-state index contributed by atoms with van der Waals surface area (Å²) in [6.07, 6.45) is -25.6. The van der Waals surface area contributed by atoms with Gasteiger partial charge in [0.05, 0.1) is 32.5 Å². The Morgan fingerprint density at radius 1 is 0.473 bits per heavy atom. The molecule has 4 rings (SSSR count). The summed E-state index contributed by atoms with van der Waals surface area (Å²) >= 11 is 0. The molecule has 0 aromatic rings. The third kappa shape index (κ3) is 10.2. The maximum atomic E-state index is 12.4. The second-order valence-corrected chi connectivity index (χ2v) is 13.7. The van der Waals surface area contributed by atoms with Crippen molar-refractivity contribution in [2.45, 2.75) is 143 Å². The average Bonchev–Trinajstić information content (AvgIpc) is 3.13. The fraction of sp³-hybridized carbons (Fsp3) is 0.903. The van der Waals surface area contributed by atoms with Crippen LogP contribution < -0.4 is 21.3 Å². The van der Waals surface area contributed by atoms with Crippen molar-refractivity contribution >= 4 is 17.7 Å². The summed E-state index contributed by atoms with van der Waals surface area (Å²) in [5.74, 6) is -2.08. The number of amides is 3. The van der Waals surface area contributed by atoms with Gasteiger partial charge in [-0.05, 0) is 7.05 Å². The number of nitrogens with one attached hydrogen (secondary N) is 4. The molecule has 24 heteroatoms. The lowest BCUT2D eigenvalue weighted by atomic mass is 9.93. The van der Waals surface area contributed by atoms with Gasteiger partial charge in [-0.2, -0.15) is 0 Å². The molecule has 0 aliphatic carbocycles. The van der Waals surface area contributed by atoms with Crippen molar-refractivity contribution in [1.29, 1.82) is 0 Å². The summed E-state index contributed by atoms with van der Waals surface area (Å²) < 4.78 is 40.7. The molecule has 3 amide bonds. The number of likely N-dealkylation sites (N-methyl/N-ethyl adjacent to an activating group) is 1. The summed E-state index contributed by atoms with van der Waals surface area (Å²) in [4.78, 5) is 36.4. The summed E-state index contributed by atoms with van der Waals surface area (Å²) in [6, 6.07) is -5.67. The second kappa shape index (κ2) is 19.9. The third-order valence-electron chi connectivity index (χ3n) is 9.78. The lowest BCUT2D eigenvalue weighted by molar-refractivity contribution is -0.362. The smallest absolute Gasteiger partial charge is 0.217 e. The highest BCUT2D eigenvalue weighted by Gasteiger charge is 2.56. The van der Waals surface area contributed by atoms with Gasteiger partial charge < -0.3 is 105 Å². The predicted octanol–water partition coefficient (Wildman–Crippen LogP) is -9.09. The molecule has 24 nitrogen and oxygen atoms in total. The molecule has 4 fully saturated rings. The Balaban J connectivity index is 1.60. The number of hydrogen-bond donors (Lipinski definition) is 14. The number of rotatable bonds is 14. The second-order valence-electron chi connectivity index (χ2n) is 13.7. The predicted molar refractivity (Wildman–Crippen MR) is 176 cm³/mol. The van der Waals surface area contributed by atoms with Crippen LogP contribution in [-0.4, -0.2) is 225 Å². The minimum absolute atomic E-state index is 0.652. The van der Waals surface area contributed by atoms with Crippen LogP contribution in [0.4, 0.5) is 0 Å². The van der Waals surface area contributed by atoms with Crippen molar-refractivity contribution in [3.8, 4) is 0 Å². The molecule has 4 saturated heterocycles. The molecule has 55 heavy (non-hydrogen) atoms. The molecule has 4 unspecified atom stereocenters. The van der Waals surface area contributed by atoms with Crippen LogP contribution in [0.5, 0.6) is 0 Å². The molecule has 0 aromatic carbocycles. The van der Waals surface area contributed by atoms with Gasteiger partial charge >= 0.3 is 0 Å². The average molecular weight is 803 g/mol. The zero-order valence-corrected chi connectivity index (χ0v) is 30.4. The molecule has 0 saturated carbocycles. The molecular formula is C31H54N4O20. The summed E-state index contributed by atoms with van der Waals surface area (Å²) in [7, 11) is 1.42. The Morgan fingerprint density at radius 3 is 1.16 bits per heavy atom. The lowest BCUT2D eigenvalue weighted by Crippen LogP contribution is -2.71. The van der Waals surface area contributed by atoms with Crippen molar-refractivity contribution in [3.05, 3.63) is 0 Å². The summed E-state index contributed by atoms with van der Waals surface area (Å²) in [5, 5.41) is 116. The van der Waals surface area contributed by atoms with E-state index in [9.17, 15) is 65.4 Å². The minimum Gasteiger partial charge on any atom is -0.394 e. The quantitative estimate of drug-likeness (QED) is 0.0775. The minimum atomic E-state index is -1.86. The van der Waals surface area contributed by atoms with Gasteiger partial charge in [0.2, 0.25) is 17.7 Å². The SMILES string of the molecule is CN[C@H]1C(O)[C@H](O)[C@@H](CO)O[C@H]1O[C@H]1C(O)[C@@H](NC(C)=O)[C@H](O[C@H]2C(O)[C@H](NC(C)=O)[C@H](O[C@H]3C(O)[C@@H](NC(C)=O)[C@H](O)O[C@@H]3CO)O[C@@H]2CO)O[C@@H]1CO. The van der Waals surface area contributed by atoms with Crippen molar-refractivity contribution in [3.63, 3.8) is 0 Å². The van der Waals surface area contributed by atoms with Crippen molar-refractivity contribution < 1.29 is 98.6 Å². The van der Waals surface area contributed by atoms with E-state index in [0.717, 1.165) is 20.8 Å². The van der Waals surface area contributed by atoms with Crippen LogP contribution in [0, 0.1) is 0 Å². The molecule has 4 heterocycles. The Kier molecular flexibility index (Phi) is 16.4. The third-order valence-corrected chi connectivity index (χ3v) is 9.78. The number of ether oxygens (including phenoxy) is 7. The number of aliphatic hydroxyl groups is 10. The molecular weight excluding hydrogens is 748 g/mol. The first kappa shape index (κ1) is 45.4. The van der Waals surface area contributed by atoms with E-state index >= 15 is 0 Å². The van der Waals surface area contributed by atoms with E-state index in [2.05, 4.69) is 21.3 Å². The van der Waals surface area contributed by atoms with Gasteiger partial charge in [-0.1, -0.05) is 0 Å². The normalized spacial score (nSPS) is 45.1. The Bertz CT molecular complexity index is 1270. The Morgan fingerprint density at radius 2 is 0.800 bits per heavy atom. The fourth-order valence-corrected chi connectivity index (χ4v) is 7.09. The van der Waals surface area contributed by atoms with Crippen LogP contribution in [0.2, 0.25) is 0 Å². The van der Waals surface area contributed by atoms with Crippen LogP contribution in [0.15, 0.2) is 0 Å². The molecule has 0 radical (unpaired) electrons. The van der Waals surface area contributed by atoms with E-state index in [1.54, 1.807) is 0 Å². The topological polar surface area (TPSA) is 366 Å². The zero-order valence-electron chi connectivity index (χ0n) is 30.4. The van der Waals surface area contributed by atoms with Gasteiger partial charge in [-0.3, -0.25) is 14.4 Å². The van der Waals surface area contributed by atoms with Crippen LogP contribution >= 0.6 is 0 Å². The Hall–Kier alpha value is -2.31. The lowest BCUT2D eigenvalue weighted by Gasteiger charge is -2.51. The summed E-state index contributed by atoms with van der Waals surface area (Å²) in [6.45, 7) is 0.0441. The maximum absolute atomic E-state index is 12.4. The van der Waals surface area contributed by atoms with E-state index in [0.29, 0.717) is 0 Å². The van der Waals surface area contributed by atoms with E-state index in [1.807, 2.05) is 0 Å². The van der Waals surface area contributed by atoms with E-state index in [1.165, 1.54) is 7.05 Å². The number of carbonyl (C=O) groups is 3. The first-order chi connectivity index (χ1) is 26.0. The van der Waals surface area contributed by atoms with Gasteiger partial charge in [-0.15, -0.1) is 0 Å². The largest absolute Gasteiger partial charge is 0.394 e. The molecule has 4 aliphatic heterocycles. The van der Waals surface area contributed by atoms with Gasteiger partial charge in [0.1, 0.15) is 91.4 Å². The number of carbonyl (C=O) groups excluding carboxylic acids is 3. The zero-order chi connectivity index (χ0) is 40.9. The van der Waals surface area contributed by atoms with Crippen molar-refractivity contribution in [1.82, 2.24) is 21.3 Å². The molecule has 0 bridgehead atoms. The molecule has 0 aromatic heterocycles. The summed E-state index contributed by atoms with van der Waals surface area (Å²) in [5.41, 5.74) is 0. The van der Waals surface area contributed by atoms with Crippen molar-refractivity contribution in [2.75, 3.05) is 33.5 Å². The maximum Gasteiger partial charge on any atom is 0.217 e. The molecule has 14 N–H and O–H groups in total. The van der Waals surface area contributed by atoms with E-state index < -0.39 is 167 Å². The van der Waals surface area contributed by atoms with E-state index in [-0.39, 0.29) is 0 Å². The van der Waals surface area contributed by atoms with Crippen LogP contribution in [0.25, 0.3) is 0 Å². The van der Waals surface area contributed by atoms with Gasteiger partial charge in [0, 0.05) is 20.8 Å². The van der Waals surface area contributed by atoms with Crippen molar-refractivity contribution in [2.24, 2.45) is 0 Å². The highest BCUT2D eigenvalue weighted by atomic mass is 16.8. The first-order valence-electron chi connectivity index (χ1n) is 17.6. The van der Waals surface area contributed by atoms with Gasteiger partial charge in [0.25, 0.3) is 0 Å². The highest BCUT2D eigenvalue weighted by molar-refractivity contribution is 5.74. The number of hydrogen-bond acceptors (Lipinski definition) is 21. The Labute approximate surface area is 314 Å². The monoisotopic (exact) mass is 802 g/mol. The van der Waals surface area contributed by atoms with Crippen LogP contribution in [0.3, 0.4) is 0 Å². The molecule has 318 valence electrons. The van der Waals surface area contributed by atoms with Gasteiger partial charge in [0.15, 0.2) is 25.2 Å². The highest BCUT2D eigenvalue weighted by Crippen LogP contribution is 2.34. The van der Waals surface area contributed by atoms with Crippen LogP contribution in [-0.2, 0) is 47.5 Å². The molecule has 20 atom stereocenters. The number of aliphatic hydroxyl groups excluding tert-OH is 10. The standard InChI is InChI=1S/C31H54N4O20/c1-9(40)33-16-22(45)25(13(6-37)49-28(16)48)54-30-19(35-11(3)42)24(47)27(15(8-39)52-30)55-31-18(34-10(2)41)23(46)26(14(7-38)51-31)53-29-17(32-4)21(44)20(43)12(5-36)50-29/h12-32,36-39,43-48H,5-8H2,1-4H3,(H,33,40)(H,34,41)(H,35,42)/t12-,13-,14-,15-,16-,17+,18-,19+,20-,21?,22?,23?,24?,25-,26-,27-,28-,29+,30+,31+/m1/s1. The first-order valence-corrected chi connectivity index (χ1v) is 17.6. The fourth-order valence-electron chi connectivity index (χ4n) is 7.09. The van der Waals surface area contributed by atoms with E-state index in [4.69, 9.17) is 33.2 Å².